The number of fused-ring (bicyclic) bond motifs is 1. The van der Waals surface area contributed by atoms with Crippen LogP contribution in [-0.4, -0.2) is 28.4 Å². The predicted molar refractivity (Wildman–Crippen MR) is 90.6 cm³/mol. The fraction of sp³-hybridized carbons (Fsp3) is 0.474. The second-order valence-electron chi connectivity index (χ2n) is 6.83. The summed E-state index contributed by atoms with van der Waals surface area (Å²) in [5.74, 6) is 0.535. The van der Waals surface area contributed by atoms with E-state index in [9.17, 15) is 9.59 Å². The first-order chi connectivity index (χ1) is 11.3. The van der Waals surface area contributed by atoms with Crippen LogP contribution in [0.4, 0.5) is 0 Å². The highest BCUT2D eigenvalue weighted by Gasteiger charge is 2.36. The maximum atomic E-state index is 13.0. The monoisotopic (exact) mass is 310 g/mol. The Morgan fingerprint density at radius 2 is 1.87 bits per heavy atom. The van der Waals surface area contributed by atoms with E-state index in [1.807, 2.05) is 23.1 Å². The number of carbonyl (C=O) groups is 1. The maximum Gasteiger partial charge on any atom is 0.259 e. The van der Waals surface area contributed by atoms with Gasteiger partial charge in [-0.3, -0.25) is 9.59 Å². The lowest BCUT2D eigenvalue weighted by atomic mass is 9.95. The molecule has 120 valence electrons. The zero-order valence-corrected chi connectivity index (χ0v) is 13.3. The molecule has 0 radical (unpaired) electrons. The molecule has 4 rings (SSSR count). The maximum absolute atomic E-state index is 13.0. The molecular weight excluding hydrogens is 288 g/mol. The number of aromatic amines is 1. The number of nitrogens with zero attached hydrogens (tertiary/aromatic N) is 1. The fourth-order valence-electron chi connectivity index (χ4n) is 4.36. The number of rotatable bonds is 2. The van der Waals surface area contributed by atoms with Crippen LogP contribution in [0.1, 0.15) is 48.9 Å². The number of hydrogen-bond donors (Lipinski definition) is 1. The lowest BCUT2D eigenvalue weighted by Gasteiger charge is -2.29. The van der Waals surface area contributed by atoms with E-state index in [1.54, 1.807) is 12.3 Å². The molecule has 1 saturated heterocycles. The summed E-state index contributed by atoms with van der Waals surface area (Å²) in [6.07, 6.45) is 8.74. The smallest absolute Gasteiger partial charge is 0.259 e. The molecule has 0 spiro atoms. The molecule has 2 heterocycles. The van der Waals surface area contributed by atoms with Crippen LogP contribution in [0.2, 0.25) is 0 Å². The summed E-state index contributed by atoms with van der Waals surface area (Å²) < 4.78 is 0. The summed E-state index contributed by atoms with van der Waals surface area (Å²) in [4.78, 5) is 30.7. The predicted octanol–water partition coefficient (Wildman–Crippen LogP) is 3.32. The average molecular weight is 310 g/mol. The van der Waals surface area contributed by atoms with Crippen molar-refractivity contribution in [2.45, 2.75) is 44.6 Å². The zero-order chi connectivity index (χ0) is 15.8. The molecule has 0 unspecified atom stereocenters. The largest absolute Gasteiger partial charge is 0.360 e. The Morgan fingerprint density at radius 3 is 2.70 bits per heavy atom. The van der Waals surface area contributed by atoms with Gasteiger partial charge in [0.25, 0.3) is 5.91 Å². The summed E-state index contributed by atoms with van der Waals surface area (Å²) in [7, 11) is 0. The highest BCUT2D eigenvalue weighted by Crippen LogP contribution is 2.35. The van der Waals surface area contributed by atoms with Crippen molar-refractivity contribution in [2.75, 3.05) is 6.54 Å². The van der Waals surface area contributed by atoms with E-state index in [2.05, 4.69) is 4.98 Å². The van der Waals surface area contributed by atoms with Gasteiger partial charge >= 0.3 is 0 Å². The zero-order valence-electron chi connectivity index (χ0n) is 13.3. The topological polar surface area (TPSA) is 53.2 Å². The van der Waals surface area contributed by atoms with Gasteiger partial charge in [-0.25, -0.2) is 0 Å². The Kier molecular flexibility index (Phi) is 3.68. The number of nitrogens with one attached hydrogen (secondary N) is 1. The summed E-state index contributed by atoms with van der Waals surface area (Å²) in [5, 5.41) is 0.593. The minimum absolute atomic E-state index is 0.0913. The molecule has 1 aliphatic heterocycles. The van der Waals surface area contributed by atoms with Gasteiger partial charge in [0.15, 0.2) is 0 Å². The van der Waals surface area contributed by atoms with E-state index >= 15 is 0 Å². The molecule has 1 aliphatic carbocycles. The van der Waals surface area contributed by atoms with Gasteiger partial charge in [0.05, 0.1) is 0 Å². The van der Waals surface area contributed by atoms with Gasteiger partial charge in [-0.2, -0.15) is 0 Å². The first-order valence-corrected chi connectivity index (χ1v) is 8.67. The van der Waals surface area contributed by atoms with Gasteiger partial charge in [0, 0.05) is 29.7 Å². The summed E-state index contributed by atoms with van der Waals surface area (Å²) in [5.41, 5.74) is 0.915. The van der Waals surface area contributed by atoms with Crippen molar-refractivity contribution >= 4 is 16.8 Å². The number of para-hydroxylation sites is 1. The third kappa shape index (κ3) is 2.46. The van der Waals surface area contributed by atoms with Gasteiger partial charge in [-0.15, -0.1) is 0 Å². The molecule has 1 atom stereocenters. The van der Waals surface area contributed by atoms with E-state index in [0.717, 1.165) is 24.9 Å². The third-order valence-corrected chi connectivity index (χ3v) is 5.52. The minimum atomic E-state index is -0.151. The van der Waals surface area contributed by atoms with E-state index in [-0.39, 0.29) is 16.9 Å². The molecule has 1 aromatic heterocycles. The van der Waals surface area contributed by atoms with Gasteiger partial charge in [-0.05, 0) is 43.7 Å². The molecule has 4 nitrogen and oxygen atoms in total. The number of hydrogen-bond acceptors (Lipinski definition) is 2. The van der Waals surface area contributed by atoms with Crippen LogP contribution in [-0.2, 0) is 0 Å². The lowest BCUT2D eigenvalue weighted by Crippen LogP contribution is -2.41. The van der Waals surface area contributed by atoms with E-state index in [1.165, 1.54) is 25.7 Å². The Bertz CT molecular complexity index is 789. The van der Waals surface area contributed by atoms with Crippen molar-refractivity contribution in [3.63, 3.8) is 0 Å². The highest BCUT2D eigenvalue weighted by molar-refractivity contribution is 5.97. The van der Waals surface area contributed by atoms with Crippen LogP contribution in [0, 0.1) is 5.92 Å². The number of amides is 1. The van der Waals surface area contributed by atoms with Crippen molar-refractivity contribution in [3.05, 3.63) is 46.2 Å². The van der Waals surface area contributed by atoms with Crippen molar-refractivity contribution in [1.82, 2.24) is 9.88 Å². The Balaban J connectivity index is 1.68. The van der Waals surface area contributed by atoms with Gasteiger partial charge < -0.3 is 9.88 Å². The molecule has 1 N–H and O–H groups in total. The molecule has 1 saturated carbocycles. The summed E-state index contributed by atoms with van der Waals surface area (Å²) in [6, 6.07) is 7.70. The first-order valence-electron chi connectivity index (χ1n) is 8.67. The fourth-order valence-corrected chi connectivity index (χ4v) is 4.36. The van der Waals surface area contributed by atoms with Crippen LogP contribution in [0.25, 0.3) is 10.9 Å². The molecule has 2 aliphatic rings. The molecule has 1 amide bonds. The molecule has 2 aromatic rings. The lowest BCUT2D eigenvalue weighted by molar-refractivity contribution is 0.0687. The van der Waals surface area contributed by atoms with Crippen molar-refractivity contribution in [2.24, 2.45) is 5.92 Å². The number of pyridine rings is 1. The highest BCUT2D eigenvalue weighted by atomic mass is 16.2. The molecule has 1 aromatic carbocycles. The number of benzene rings is 1. The average Bonchev–Trinajstić information content (AvgIpc) is 3.26. The third-order valence-electron chi connectivity index (χ3n) is 5.52. The van der Waals surface area contributed by atoms with Crippen LogP contribution in [0.5, 0.6) is 0 Å². The van der Waals surface area contributed by atoms with Crippen LogP contribution >= 0.6 is 0 Å². The number of aromatic nitrogens is 1. The normalized spacial score (nSPS) is 22.1. The van der Waals surface area contributed by atoms with Crippen LogP contribution in [0.15, 0.2) is 35.3 Å². The molecule has 2 fully saturated rings. The Morgan fingerprint density at radius 1 is 1.09 bits per heavy atom. The molecule has 23 heavy (non-hydrogen) atoms. The molecule has 0 bridgehead atoms. The number of carbonyl (C=O) groups excluding carboxylic acids is 1. The quantitative estimate of drug-likeness (QED) is 0.925. The molecular formula is C19H22N2O2. The van der Waals surface area contributed by atoms with Crippen LogP contribution in [0.3, 0.4) is 0 Å². The van der Waals surface area contributed by atoms with Crippen LogP contribution < -0.4 is 5.43 Å². The minimum Gasteiger partial charge on any atom is -0.360 e. The number of likely N-dealkylation sites (tertiary alicyclic amines) is 1. The Hall–Kier alpha value is -2.10. The van der Waals surface area contributed by atoms with Crippen molar-refractivity contribution in [1.29, 1.82) is 0 Å². The molecule has 4 heteroatoms. The van der Waals surface area contributed by atoms with Gasteiger partial charge in [0.2, 0.25) is 5.43 Å². The second kappa shape index (κ2) is 5.84. The van der Waals surface area contributed by atoms with E-state index in [0.29, 0.717) is 17.3 Å². The standard InChI is InChI=1S/C19H22N2O2/c22-18-14-8-3-4-9-16(14)20-12-15(18)19(23)21-11-5-10-17(21)13-6-1-2-7-13/h3-4,8-9,12-13,17H,1-2,5-7,10-11H2,(H,20,22)/t17-/m0/s1. The second-order valence-corrected chi connectivity index (χ2v) is 6.83. The van der Waals surface area contributed by atoms with Gasteiger partial charge in [-0.1, -0.05) is 25.0 Å². The van der Waals surface area contributed by atoms with E-state index in [4.69, 9.17) is 0 Å². The summed E-state index contributed by atoms with van der Waals surface area (Å²) in [6.45, 7) is 0.784. The van der Waals surface area contributed by atoms with Crippen molar-refractivity contribution in [3.8, 4) is 0 Å². The first kappa shape index (κ1) is 14.5. The van der Waals surface area contributed by atoms with E-state index < -0.39 is 0 Å². The van der Waals surface area contributed by atoms with Gasteiger partial charge in [0.1, 0.15) is 5.56 Å². The Labute approximate surface area is 135 Å². The number of H-pyrrole nitrogens is 1. The van der Waals surface area contributed by atoms with Crippen molar-refractivity contribution < 1.29 is 4.79 Å². The SMILES string of the molecule is O=C(c1c[nH]c2ccccc2c1=O)N1CCC[C@H]1C1CCCC1. The summed E-state index contributed by atoms with van der Waals surface area (Å²) >= 11 is 0.